The summed E-state index contributed by atoms with van der Waals surface area (Å²) in [5, 5.41) is 3.49. The molecule has 0 aromatic rings. The minimum atomic E-state index is -0.449. The highest BCUT2D eigenvalue weighted by Gasteiger charge is 2.48. The molecule has 21 heavy (non-hydrogen) atoms. The maximum atomic E-state index is 12.3. The number of nitrogens with one attached hydrogen (secondary N) is 1. The molecule has 1 aliphatic carbocycles. The largest absolute Gasteiger partial charge is 0.468 e. The molecule has 0 aromatic carbocycles. The summed E-state index contributed by atoms with van der Waals surface area (Å²) in [5.41, 5.74) is -0.449. The summed E-state index contributed by atoms with van der Waals surface area (Å²) in [6.07, 6.45) is 6.57. The fraction of sp³-hybridized carbons (Fsp3) is 0.941. The lowest BCUT2D eigenvalue weighted by atomic mass is 9.89. The molecule has 1 saturated heterocycles. The predicted molar refractivity (Wildman–Crippen MR) is 85.2 cm³/mol. The van der Waals surface area contributed by atoms with Crippen LogP contribution in [0.3, 0.4) is 0 Å². The highest BCUT2D eigenvalue weighted by Crippen LogP contribution is 2.37. The van der Waals surface area contributed by atoms with Crippen LogP contribution in [0.25, 0.3) is 0 Å². The van der Waals surface area contributed by atoms with Crippen LogP contribution in [0.4, 0.5) is 0 Å². The van der Waals surface area contributed by atoms with E-state index in [2.05, 4.69) is 31.0 Å². The summed E-state index contributed by atoms with van der Waals surface area (Å²) in [5.74, 6) is 0.687. The number of rotatable bonds is 5. The Balaban J connectivity index is 2.06. The van der Waals surface area contributed by atoms with Gasteiger partial charge in [0.1, 0.15) is 5.54 Å². The van der Waals surface area contributed by atoms with Gasteiger partial charge < -0.3 is 10.1 Å². The molecule has 2 rings (SSSR count). The molecule has 1 saturated carbocycles. The lowest BCUT2D eigenvalue weighted by molar-refractivity contribution is -0.148. The number of nitrogens with zero attached hydrogens (tertiary/aromatic N) is 1. The molecule has 0 amide bonds. The molecule has 1 aliphatic heterocycles. The van der Waals surface area contributed by atoms with Gasteiger partial charge in [-0.05, 0) is 64.5 Å². The molecule has 2 fully saturated rings. The Bertz CT molecular complexity index is 361. The average molecular weight is 296 g/mol. The molecular formula is C17H32N2O2. The molecule has 0 spiro atoms. The summed E-state index contributed by atoms with van der Waals surface area (Å²) in [6.45, 7) is 8.91. The number of carbonyl (C=O) groups excluding carboxylic acids is 1. The minimum Gasteiger partial charge on any atom is -0.468 e. The third kappa shape index (κ3) is 3.42. The number of carbonyl (C=O) groups is 1. The lowest BCUT2D eigenvalue weighted by Gasteiger charge is -2.42. The molecule has 0 aromatic heterocycles. The first-order chi connectivity index (χ1) is 10.0. The predicted octanol–water partition coefficient (Wildman–Crippen LogP) is 2.57. The van der Waals surface area contributed by atoms with Crippen molar-refractivity contribution in [2.75, 3.05) is 20.2 Å². The third-order valence-electron chi connectivity index (χ3n) is 5.67. The van der Waals surface area contributed by atoms with E-state index in [-0.39, 0.29) is 5.97 Å². The second-order valence-electron chi connectivity index (χ2n) is 7.00. The van der Waals surface area contributed by atoms with E-state index < -0.39 is 5.54 Å². The van der Waals surface area contributed by atoms with E-state index in [1.807, 2.05) is 0 Å². The standard InChI is InChI=1S/C17H32N2O2/c1-5-10-18-17(16(20)21-4)9-8-15(12-17)19-11-6-7-13(2)14(19)3/h13-15,18H,5-12H2,1-4H3. The number of likely N-dealkylation sites (tertiary alicyclic amines) is 1. The Morgan fingerprint density at radius 2 is 2.14 bits per heavy atom. The van der Waals surface area contributed by atoms with E-state index in [1.54, 1.807) is 0 Å². The van der Waals surface area contributed by atoms with Crippen LogP contribution in [0.1, 0.15) is 59.3 Å². The van der Waals surface area contributed by atoms with Crippen molar-refractivity contribution in [1.82, 2.24) is 10.2 Å². The number of hydrogen-bond donors (Lipinski definition) is 1. The maximum absolute atomic E-state index is 12.3. The van der Waals surface area contributed by atoms with Gasteiger partial charge in [0, 0.05) is 12.1 Å². The van der Waals surface area contributed by atoms with Crippen molar-refractivity contribution < 1.29 is 9.53 Å². The van der Waals surface area contributed by atoms with Gasteiger partial charge in [0.15, 0.2) is 0 Å². The van der Waals surface area contributed by atoms with Crippen LogP contribution in [0, 0.1) is 5.92 Å². The second kappa shape index (κ2) is 7.10. The van der Waals surface area contributed by atoms with E-state index in [9.17, 15) is 4.79 Å². The number of piperidine rings is 1. The van der Waals surface area contributed by atoms with E-state index >= 15 is 0 Å². The van der Waals surface area contributed by atoms with Crippen molar-refractivity contribution in [3.05, 3.63) is 0 Å². The van der Waals surface area contributed by atoms with Crippen molar-refractivity contribution in [2.45, 2.75) is 76.9 Å². The Morgan fingerprint density at radius 3 is 2.81 bits per heavy atom. The van der Waals surface area contributed by atoms with Gasteiger partial charge in [0.25, 0.3) is 0 Å². The van der Waals surface area contributed by atoms with E-state index in [4.69, 9.17) is 4.74 Å². The summed E-state index contributed by atoms with van der Waals surface area (Å²) in [7, 11) is 1.51. The third-order valence-corrected chi connectivity index (χ3v) is 5.67. The maximum Gasteiger partial charge on any atom is 0.326 e. The smallest absolute Gasteiger partial charge is 0.326 e. The molecule has 4 heteroatoms. The van der Waals surface area contributed by atoms with Crippen LogP contribution in [0.2, 0.25) is 0 Å². The molecule has 2 aliphatic rings. The number of hydrogen-bond acceptors (Lipinski definition) is 4. The fourth-order valence-corrected chi connectivity index (χ4v) is 4.16. The van der Waals surface area contributed by atoms with Crippen LogP contribution >= 0.6 is 0 Å². The zero-order valence-electron chi connectivity index (χ0n) is 14.2. The van der Waals surface area contributed by atoms with Crippen LogP contribution in [0.5, 0.6) is 0 Å². The zero-order valence-corrected chi connectivity index (χ0v) is 14.2. The first-order valence-electron chi connectivity index (χ1n) is 8.63. The van der Waals surface area contributed by atoms with E-state index in [0.717, 1.165) is 38.1 Å². The number of methoxy groups -OCH3 is 1. The monoisotopic (exact) mass is 296 g/mol. The highest BCUT2D eigenvalue weighted by molar-refractivity contribution is 5.81. The van der Waals surface area contributed by atoms with Gasteiger partial charge in [0.2, 0.25) is 0 Å². The van der Waals surface area contributed by atoms with Crippen molar-refractivity contribution in [1.29, 1.82) is 0 Å². The molecular weight excluding hydrogens is 264 g/mol. The van der Waals surface area contributed by atoms with E-state index in [0.29, 0.717) is 12.1 Å². The average Bonchev–Trinajstić information content (AvgIpc) is 2.92. The molecule has 1 heterocycles. The SMILES string of the molecule is CCCNC1(C(=O)OC)CCC(N2CCCC(C)C2C)C1. The van der Waals surface area contributed by atoms with Crippen LogP contribution in [-0.4, -0.2) is 48.7 Å². The van der Waals surface area contributed by atoms with Gasteiger partial charge in [-0.1, -0.05) is 13.8 Å². The molecule has 1 N–H and O–H groups in total. The van der Waals surface area contributed by atoms with Gasteiger partial charge in [0.05, 0.1) is 7.11 Å². The molecule has 4 nitrogen and oxygen atoms in total. The van der Waals surface area contributed by atoms with Crippen molar-refractivity contribution in [2.24, 2.45) is 5.92 Å². The van der Waals surface area contributed by atoms with Gasteiger partial charge in [-0.2, -0.15) is 0 Å². The van der Waals surface area contributed by atoms with Crippen LogP contribution in [-0.2, 0) is 9.53 Å². The Hall–Kier alpha value is -0.610. The summed E-state index contributed by atoms with van der Waals surface area (Å²) in [6, 6.07) is 1.15. The Kier molecular flexibility index (Phi) is 5.67. The molecule has 122 valence electrons. The van der Waals surface area contributed by atoms with Crippen molar-refractivity contribution >= 4 is 5.97 Å². The van der Waals surface area contributed by atoms with Gasteiger partial charge in [-0.3, -0.25) is 9.69 Å². The first-order valence-corrected chi connectivity index (χ1v) is 8.63. The first kappa shape index (κ1) is 16.8. The minimum absolute atomic E-state index is 0.0730. The van der Waals surface area contributed by atoms with Crippen molar-refractivity contribution in [3.63, 3.8) is 0 Å². The Labute approximate surface area is 129 Å². The van der Waals surface area contributed by atoms with Gasteiger partial charge in [-0.15, -0.1) is 0 Å². The fourth-order valence-electron chi connectivity index (χ4n) is 4.16. The molecule has 0 bridgehead atoms. The van der Waals surface area contributed by atoms with Crippen LogP contribution < -0.4 is 5.32 Å². The van der Waals surface area contributed by atoms with Gasteiger partial charge >= 0.3 is 5.97 Å². The summed E-state index contributed by atoms with van der Waals surface area (Å²) >= 11 is 0. The van der Waals surface area contributed by atoms with E-state index in [1.165, 1.54) is 26.5 Å². The molecule has 4 atom stereocenters. The quantitative estimate of drug-likeness (QED) is 0.792. The highest BCUT2D eigenvalue weighted by atomic mass is 16.5. The normalized spacial score (nSPS) is 37.6. The number of ether oxygens (including phenoxy) is 1. The second-order valence-corrected chi connectivity index (χ2v) is 7.00. The van der Waals surface area contributed by atoms with Crippen LogP contribution in [0.15, 0.2) is 0 Å². The molecule has 4 unspecified atom stereocenters. The van der Waals surface area contributed by atoms with Crippen molar-refractivity contribution in [3.8, 4) is 0 Å². The lowest BCUT2D eigenvalue weighted by Crippen LogP contribution is -2.53. The summed E-state index contributed by atoms with van der Waals surface area (Å²) < 4.78 is 5.10. The number of esters is 1. The topological polar surface area (TPSA) is 41.6 Å². The summed E-state index contributed by atoms with van der Waals surface area (Å²) in [4.78, 5) is 15.0. The molecule has 0 radical (unpaired) electrons. The zero-order chi connectivity index (χ0) is 15.5. The van der Waals surface area contributed by atoms with Gasteiger partial charge in [-0.25, -0.2) is 0 Å². The Morgan fingerprint density at radius 1 is 1.38 bits per heavy atom.